The van der Waals surface area contributed by atoms with Crippen LogP contribution < -0.4 is 5.19 Å². The Hall–Kier alpha value is -1.20. The molecule has 0 aliphatic rings. The van der Waals surface area contributed by atoms with E-state index in [1.165, 1.54) is 16.0 Å². The fraction of sp³-hybridized carbons (Fsp3) is 0.286. The quantitative estimate of drug-likeness (QED) is 0.598. The molecule has 2 aromatic carbocycles. The lowest BCUT2D eigenvalue weighted by atomic mass is 10.1. The van der Waals surface area contributed by atoms with Gasteiger partial charge in [0.2, 0.25) is 0 Å². The van der Waals surface area contributed by atoms with Gasteiger partial charge in [0.15, 0.2) is 9.52 Å². The molecular weight excluding hydrogens is 244 g/mol. The molecule has 0 heterocycles. The molecule has 2 rings (SSSR count). The molecule has 0 saturated heterocycles. The van der Waals surface area contributed by atoms with Crippen LogP contribution in [0.25, 0.3) is 10.8 Å². The van der Waals surface area contributed by atoms with Gasteiger partial charge in [0.1, 0.15) is 0 Å². The summed E-state index contributed by atoms with van der Waals surface area (Å²) in [6, 6.07) is 14.6. The fourth-order valence-corrected chi connectivity index (χ4v) is 3.81. The normalized spacial score (nSPS) is 12.6. The van der Waals surface area contributed by atoms with E-state index in [1.807, 2.05) is 12.1 Å². The maximum atomic E-state index is 5.41. The summed E-state index contributed by atoms with van der Waals surface area (Å²) in [6.45, 7) is 0. The summed E-state index contributed by atoms with van der Waals surface area (Å²) in [5.41, 5.74) is -0.885. The summed E-state index contributed by atoms with van der Waals surface area (Å²) < 4.78 is 16.2. The predicted octanol–water partition coefficient (Wildman–Crippen LogP) is 1.18. The van der Waals surface area contributed by atoms with E-state index in [-0.39, 0.29) is 0 Å². The highest BCUT2D eigenvalue weighted by atomic mass is 28.2. The smallest absolute Gasteiger partial charge is 0.253 e. The van der Waals surface area contributed by atoms with Crippen molar-refractivity contribution in [2.24, 2.45) is 0 Å². The molecule has 2 aromatic rings. The van der Waals surface area contributed by atoms with Gasteiger partial charge < -0.3 is 14.2 Å². The van der Waals surface area contributed by atoms with Gasteiger partial charge in [0, 0.05) is 21.3 Å². The molecular formula is C14H18O3Si. The van der Waals surface area contributed by atoms with E-state index in [2.05, 4.69) is 30.3 Å². The molecule has 0 unspecified atom stereocenters. The first-order valence-electron chi connectivity index (χ1n) is 5.87. The minimum atomic E-state index is -0.893. The van der Waals surface area contributed by atoms with Crippen LogP contribution in [0.15, 0.2) is 42.5 Å². The SMILES string of the molecule is COC(OC)(OC)[SiH2]c1cccc2ccccc12. The van der Waals surface area contributed by atoms with Crippen LogP contribution in [0, 0.1) is 0 Å². The van der Waals surface area contributed by atoms with Gasteiger partial charge in [-0.2, -0.15) is 0 Å². The fourth-order valence-electron chi connectivity index (χ4n) is 2.15. The topological polar surface area (TPSA) is 27.7 Å². The molecule has 0 saturated carbocycles. The minimum absolute atomic E-state index is 0.885. The molecule has 18 heavy (non-hydrogen) atoms. The maximum Gasteiger partial charge on any atom is 0.253 e. The van der Waals surface area contributed by atoms with E-state index >= 15 is 0 Å². The highest BCUT2D eigenvalue weighted by Gasteiger charge is 2.30. The van der Waals surface area contributed by atoms with Gasteiger partial charge in [-0.1, -0.05) is 42.5 Å². The average molecular weight is 262 g/mol. The Morgan fingerprint density at radius 2 is 1.44 bits per heavy atom. The van der Waals surface area contributed by atoms with E-state index in [0.717, 1.165) is 0 Å². The van der Waals surface area contributed by atoms with Crippen molar-refractivity contribution in [2.75, 3.05) is 21.3 Å². The van der Waals surface area contributed by atoms with Gasteiger partial charge in [-0.3, -0.25) is 0 Å². The molecule has 0 atom stereocenters. The van der Waals surface area contributed by atoms with Crippen LogP contribution in [0.5, 0.6) is 0 Å². The summed E-state index contributed by atoms with van der Waals surface area (Å²) in [4.78, 5) is 0. The van der Waals surface area contributed by atoms with E-state index in [0.29, 0.717) is 0 Å². The molecule has 96 valence electrons. The number of ether oxygens (including phenoxy) is 3. The van der Waals surface area contributed by atoms with E-state index < -0.39 is 15.1 Å². The van der Waals surface area contributed by atoms with Crippen molar-refractivity contribution in [2.45, 2.75) is 5.60 Å². The highest BCUT2D eigenvalue weighted by molar-refractivity contribution is 6.59. The third kappa shape index (κ3) is 2.47. The van der Waals surface area contributed by atoms with Crippen LogP contribution >= 0.6 is 0 Å². The monoisotopic (exact) mass is 262 g/mol. The van der Waals surface area contributed by atoms with Gasteiger partial charge in [0.05, 0.1) is 0 Å². The zero-order valence-electron chi connectivity index (χ0n) is 11.0. The Balaban J connectivity index is 2.42. The Bertz CT molecular complexity index is 510. The highest BCUT2D eigenvalue weighted by Crippen LogP contribution is 2.15. The van der Waals surface area contributed by atoms with Crippen molar-refractivity contribution >= 4 is 25.5 Å². The molecule has 0 N–H and O–H groups in total. The van der Waals surface area contributed by atoms with E-state index in [9.17, 15) is 0 Å². The summed E-state index contributed by atoms with van der Waals surface area (Å²) in [5, 5.41) is 3.76. The van der Waals surface area contributed by atoms with Crippen LogP contribution in [0.4, 0.5) is 0 Å². The first-order chi connectivity index (χ1) is 8.74. The molecule has 0 fully saturated rings. The van der Waals surface area contributed by atoms with Crippen molar-refractivity contribution in [1.82, 2.24) is 0 Å². The Morgan fingerprint density at radius 3 is 2.11 bits per heavy atom. The summed E-state index contributed by atoms with van der Waals surface area (Å²) in [7, 11) is 3.96. The average Bonchev–Trinajstić information content (AvgIpc) is 2.45. The summed E-state index contributed by atoms with van der Waals surface area (Å²) in [5.74, 6) is 0. The van der Waals surface area contributed by atoms with Crippen LogP contribution in [0.3, 0.4) is 0 Å². The van der Waals surface area contributed by atoms with Crippen LogP contribution in [-0.2, 0) is 14.2 Å². The standard InChI is InChI=1S/C14H18O3Si/c1-15-14(16-2,17-3)18-13-10-6-8-11-7-4-5-9-12(11)13/h4-10H,18H2,1-3H3. The lowest BCUT2D eigenvalue weighted by molar-refractivity contribution is -0.293. The number of hydrogen-bond acceptors (Lipinski definition) is 3. The van der Waals surface area contributed by atoms with E-state index in [4.69, 9.17) is 14.2 Å². The zero-order valence-corrected chi connectivity index (χ0v) is 12.4. The lowest BCUT2D eigenvalue weighted by Gasteiger charge is -2.29. The van der Waals surface area contributed by atoms with Crippen LogP contribution in [0.1, 0.15) is 0 Å². The molecule has 0 radical (unpaired) electrons. The van der Waals surface area contributed by atoms with E-state index in [1.54, 1.807) is 21.3 Å². The minimum Gasteiger partial charge on any atom is -0.335 e. The lowest BCUT2D eigenvalue weighted by Crippen LogP contribution is -2.47. The maximum absolute atomic E-state index is 5.41. The van der Waals surface area contributed by atoms with Gasteiger partial charge in [-0.25, -0.2) is 0 Å². The number of rotatable bonds is 5. The number of fused-ring (bicyclic) bond motifs is 1. The zero-order chi connectivity index (χ0) is 13.0. The van der Waals surface area contributed by atoms with Gasteiger partial charge >= 0.3 is 0 Å². The number of methoxy groups -OCH3 is 3. The molecule has 0 amide bonds. The Kier molecular flexibility index (Phi) is 4.14. The van der Waals surface area contributed by atoms with Gasteiger partial charge in [0.25, 0.3) is 5.60 Å². The molecule has 0 aliphatic carbocycles. The van der Waals surface area contributed by atoms with Crippen molar-refractivity contribution < 1.29 is 14.2 Å². The van der Waals surface area contributed by atoms with Gasteiger partial charge in [-0.05, 0) is 16.0 Å². The Labute approximate surface area is 109 Å². The largest absolute Gasteiger partial charge is 0.335 e. The number of hydrogen-bond donors (Lipinski definition) is 0. The third-order valence-corrected chi connectivity index (χ3v) is 5.52. The molecule has 3 nitrogen and oxygen atoms in total. The predicted molar refractivity (Wildman–Crippen MR) is 75.9 cm³/mol. The number of benzene rings is 2. The van der Waals surface area contributed by atoms with Crippen LogP contribution in [0.2, 0.25) is 0 Å². The van der Waals surface area contributed by atoms with Crippen LogP contribution in [-0.4, -0.2) is 36.4 Å². The Morgan fingerprint density at radius 1 is 0.833 bits per heavy atom. The third-order valence-electron chi connectivity index (χ3n) is 3.22. The molecule has 0 aromatic heterocycles. The van der Waals surface area contributed by atoms with Crippen molar-refractivity contribution in [3.8, 4) is 0 Å². The molecule has 0 bridgehead atoms. The first-order valence-corrected chi connectivity index (χ1v) is 7.28. The second-order valence-electron chi connectivity index (χ2n) is 4.11. The second kappa shape index (κ2) is 5.62. The summed E-state index contributed by atoms with van der Waals surface area (Å²) in [6.07, 6.45) is 0. The molecule has 0 spiro atoms. The molecule has 0 aliphatic heterocycles. The van der Waals surface area contributed by atoms with Gasteiger partial charge in [-0.15, -0.1) is 0 Å². The van der Waals surface area contributed by atoms with Crippen molar-refractivity contribution in [1.29, 1.82) is 0 Å². The molecule has 4 heteroatoms. The van der Waals surface area contributed by atoms with Crippen molar-refractivity contribution in [3.05, 3.63) is 42.5 Å². The van der Waals surface area contributed by atoms with Crippen molar-refractivity contribution in [3.63, 3.8) is 0 Å². The first kappa shape index (κ1) is 13.2. The summed E-state index contributed by atoms with van der Waals surface area (Å²) >= 11 is 0. The second-order valence-corrected chi connectivity index (χ2v) is 6.09.